The summed E-state index contributed by atoms with van der Waals surface area (Å²) in [5.74, 6) is -5.17. The molecule has 0 spiro atoms. The summed E-state index contributed by atoms with van der Waals surface area (Å²) in [6, 6.07) is 3.54. The number of nitrogens with two attached hydrogens (primary N) is 1. The number of fused-ring (bicyclic) bond motifs is 2. The van der Waals surface area contributed by atoms with Gasteiger partial charge < -0.3 is 15.4 Å². The van der Waals surface area contributed by atoms with E-state index in [9.17, 15) is 9.18 Å². The number of ether oxygens (including phenoxy) is 1. The Morgan fingerprint density at radius 1 is 1.21 bits per heavy atom. The Hall–Kier alpha value is -1.76. The molecule has 2 aliphatic rings. The predicted octanol–water partition coefficient (Wildman–Crippen LogP) is 4.60. The maximum Gasteiger partial charge on any atom is 0.410 e. The van der Waals surface area contributed by atoms with Crippen LogP contribution in [0.5, 0.6) is 0 Å². The molecule has 28 heavy (non-hydrogen) atoms. The first-order valence-corrected chi connectivity index (χ1v) is 9.91. The van der Waals surface area contributed by atoms with E-state index in [1.807, 2.05) is 0 Å². The van der Waals surface area contributed by atoms with Crippen LogP contribution in [0.15, 0.2) is 18.2 Å². The van der Waals surface area contributed by atoms with E-state index < -0.39 is 34.9 Å². The molecule has 2 atom stereocenters. The Labute approximate surface area is 164 Å². The summed E-state index contributed by atoms with van der Waals surface area (Å²) in [5, 5.41) is 0. The molecule has 2 fully saturated rings. The summed E-state index contributed by atoms with van der Waals surface area (Å²) in [6.45, 7) is 5.55. The molecule has 7 heteroatoms. The van der Waals surface area contributed by atoms with Gasteiger partial charge in [0, 0.05) is 18.0 Å². The van der Waals surface area contributed by atoms with Crippen molar-refractivity contribution in [2.75, 3.05) is 6.54 Å². The molecule has 2 heterocycles. The van der Waals surface area contributed by atoms with E-state index in [1.165, 1.54) is 12.1 Å². The number of benzene rings is 1. The van der Waals surface area contributed by atoms with Crippen molar-refractivity contribution in [3.05, 3.63) is 35.1 Å². The van der Waals surface area contributed by atoms with Crippen molar-refractivity contribution in [2.24, 2.45) is 11.7 Å². The van der Waals surface area contributed by atoms with Crippen molar-refractivity contribution in [1.29, 1.82) is 0 Å². The first kappa shape index (κ1) is 21.0. The highest BCUT2D eigenvalue weighted by Crippen LogP contribution is 2.49. The minimum atomic E-state index is -3.30. The van der Waals surface area contributed by atoms with Gasteiger partial charge in [0.25, 0.3) is 5.92 Å². The fourth-order valence-corrected chi connectivity index (χ4v) is 4.49. The zero-order valence-electron chi connectivity index (χ0n) is 16.7. The Morgan fingerprint density at radius 3 is 2.36 bits per heavy atom. The summed E-state index contributed by atoms with van der Waals surface area (Å²) < 4.78 is 50.7. The number of carbonyl (C=O) groups is 1. The van der Waals surface area contributed by atoms with Crippen LogP contribution in [0.4, 0.5) is 18.0 Å². The summed E-state index contributed by atoms with van der Waals surface area (Å²) >= 11 is 0. The molecule has 2 N–H and O–H groups in total. The van der Waals surface area contributed by atoms with E-state index in [2.05, 4.69) is 0 Å². The third kappa shape index (κ3) is 4.00. The van der Waals surface area contributed by atoms with Crippen molar-refractivity contribution >= 4 is 6.09 Å². The van der Waals surface area contributed by atoms with Gasteiger partial charge in [-0.25, -0.2) is 18.0 Å². The first-order chi connectivity index (χ1) is 13.0. The molecule has 0 aliphatic carbocycles. The number of hydrogen-bond donors (Lipinski definition) is 1. The van der Waals surface area contributed by atoms with Crippen LogP contribution in [0.2, 0.25) is 0 Å². The molecule has 0 aromatic heterocycles. The van der Waals surface area contributed by atoms with Crippen molar-refractivity contribution < 1.29 is 22.7 Å². The van der Waals surface area contributed by atoms with Gasteiger partial charge in [-0.1, -0.05) is 18.2 Å². The monoisotopic (exact) mass is 398 g/mol. The van der Waals surface area contributed by atoms with Gasteiger partial charge in [0.1, 0.15) is 11.4 Å². The molecule has 4 nitrogen and oxygen atoms in total. The maximum absolute atomic E-state index is 15.3. The Morgan fingerprint density at radius 2 is 1.82 bits per heavy atom. The molecular weight excluding hydrogens is 369 g/mol. The van der Waals surface area contributed by atoms with E-state index in [1.54, 1.807) is 25.7 Å². The maximum atomic E-state index is 15.3. The van der Waals surface area contributed by atoms with Crippen LogP contribution in [0.25, 0.3) is 0 Å². The van der Waals surface area contributed by atoms with E-state index in [0.717, 1.165) is 6.07 Å². The summed E-state index contributed by atoms with van der Waals surface area (Å²) in [5.41, 5.74) is 4.48. The van der Waals surface area contributed by atoms with Gasteiger partial charge in [-0.2, -0.15) is 0 Å². The Bertz CT molecular complexity index is 719. The van der Waals surface area contributed by atoms with Gasteiger partial charge in [-0.3, -0.25) is 0 Å². The molecule has 0 saturated carbocycles. The zero-order valence-corrected chi connectivity index (χ0v) is 16.7. The van der Waals surface area contributed by atoms with Gasteiger partial charge in [0.15, 0.2) is 0 Å². The lowest BCUT2D eigenvalue weighted by molar-refractivity contribution is -0.100. The average Bonchev–Trinajstić information content (AvgIpc) is 2.85. The molecule has 1 aromatic carbocycles. The number of rotatable bonds is 4. The highest BCUT2D eigenvalue weighted by Gasteiger charge is 2.53. The fraction of sp³-hybridized carbons (Fsp3) is 0.667. The second-order valence-electron chi connectivity index (χ2n) is 8.88. The second kappa shape index (κ2) is 7.58. The van der Waals surface area contributed by atoms with E-state index >= 15 is 8.78 Å². The van der Waals surface area contributed by atoms with Gasteiger partial charge >= 0.3 is 6.09 Å². The number of amides is 1. The number of piperidine rings is 1. The third-order valence-electron chi connectivity index (χ3n) is 5.70. The van der Waals surface area contributed by atoms with Crippen molar-refractivity contribution in [2.45, 2.75) is 76.5 Å². The Kier molecular flexibility index (Phi) is 5.67. The van der Waals surface area contributed by atoms with Crippen LogP contribution in [-0.4, -0.2) is 35.2 Å². The molecular formula is C21H29F3N2O2. The van der Waals surface area contributed by atoms with Gasteiger partial charge in [0.2, 0.25) is 0 Å². The quantitative estimate of drug-likeness (QED) is 0.807. The highest BCUT2D eigenvalue weighted by molar-refractivity contribution is 5.69. The average molecular weight is 398 g/mol. The predicted molar refractivity (Wildman–Crippen MR) is 101 cm³/mol. The van der Waals surface area contributed by atoms with E-state index in [4.69, 9.17) is 10.5 Å². The normalized spacial score (nSPS) is 25.1. The zero-order chi connectivity index (χ0) is 20.7. The van der Waals surface area contributed by atoms with Crippen LogP contribution in [-0.2, 0) is 17.1 Å². The molecule has 156 valence electrons. The fourth-order valence-electron chi connectivity index (χ4n) is 4.49. The van der Waals surface area contributed by atoms with Crippen LogP contribution < -0.4 is 5.73 Å². The second-order valence-corrected chi connectivity index (χ2v) is 8.88. The smallest absolute Gasteiger partial charge is 0.410 e. The van der Waals surface area contributed by atoms with E-state index in [-0.39, 0.29) is 43.5 Å². The topological polar surface area (TPSA) is 55.6 Å². The van der Waals surface area contributed by atoms with Crippen LogP contribution in [0.1, 0.15) is 57.6 Å². The highest BCUT2D eigenvalue weighted by atomic mass is 19.3. The standard InChI is InChI=1S/C21H29F3N2O2/c1-20(2,3)28-19(27)26-15-7-8-16(26)12-14(11-15)21(23,24)17-6-4-5-13(9-10-25)18(17)22/h4-6,14-16H,7-12,25H2,1-3H3/t15-,16-/m1/s1. The molecule has 3 rings (SSSR count). The Balaban J connectivity index is 1.80. The van der Waals surface area contributed by atoms with Crippen molar-refractivity contribution in [3.63, 3.8) is 0 Å². The molecule has 2 saturated heterocycles. The lowest BCUT2D eigenvalue weighted by Gasteiger charge is -2.41. The van der Waals surface area contributed by atoms with Gasteiger partial charge in [0.05, 0.1) is 5.56 Å². The number of nitrogens with zero attached hydrogens (tertiary/aromatic N) is 1. The lowest BCUT2D eigenvalue weighted by atomic mass is 9.82. The molecule has 0 unspecified atom stereocenters. The van der Waals surface area contributed by atoms with E-state index in [0.29, 0.717) is 12.8 Å². The van der Waals surface area contributed by atoms with Gasteiger partial charge in [-0.15, -0.1) is 0 Å². The molecule has 2 aliphatic heterocycles. The number of carbonyl (C=O) groups excluding carboxylic acids is 1. The van der Waals surface area contributed by atoms with Crippen LogP contribution in [0.3, 0.4) is 0 Å². The molecule has 2 bridgehead atoms. The van der Waals surface area contributed by atoms with Crippen LogP contribution >= 0.6 is 0 Å². The summed E-state index contributed by atoms with van der Waals surface area (Å²) in [6.07, 6.45) is 1.40. The summed E-state index contributed by atoms with van der Waals surface area (Å²) in [7, 11) is 0. The minimum absolute atomic E-state index is 0.142. The summed E-state index contributed by atoms with van der Waals surface area (Å²) in [4.78, 5) is 14.1. The van der Waals surface area contributed by atoms with Crippen molar-refractivity contribution in [1.82, 2.24) is 4.90 Å². The molecule has 1 aromatic rings. The number of halogens is 3. The van der Waals surface area contributed by atoms with Crippen molar-refractivity contribution in [3.8, 4) is 0 Å². The first-order valence-electron chi connectivity index (χ1n) is 9.91. The largest absolute Gasteiger partial charge is 0.444 e. The van der Waals surface area contributed by atoms with Crippen LogP contribution in [0, 0.1) is 11.7 Å². The number of hydrogen-bond acceptors (Lipinski definition) is 3. The lowest BCUT2D eigenvalue weighted by Crippen LogP contribution is -2.50. The third-order valence-corrected chi connectivity index (χ3v) is 5.70. The minimum Gasteiger partial charge on any atom is -0.444 e. The molecule has 0 radical (unpaired) electrons. The SMILES string of the molecule is CC(C)(C)OC(=O)N1[C@@H]2CC[C@@H]1CC(C(F)(F)c1cccc(CCN)c1F)C2. The molecule has 1 amide bonds. The number of alkyl halides is 2. The van der Waals surface area contributed by atoms with Gasteiger partial charge in [-0.05, 0) is 65.0 Å².